The molecule has 0 saturated heterocycles. The topological polar surface area (TPSA) is 63.3 Å². The highest BCUT2D eigenvalue weighted by Gasteiger charge is 2.13. The summed E-state index contributed by atoms with van der Waals surface area (Å²) in [5.74, 6) is -0.907. The minimum atomic E-state index is -0.907. The quantitative estimate of drug-likeness (QED) is 0.775. The Morgan fingerprint density at radius 2 is 1.76 bits per heavy atom. The van der Waals surface area contributed by atoms with Gasteiger partial charge in [-0.15, -0.1) is 0 Å². The highest BCUT2D eigenvalue weighted by Crippen LogP contribution is 2.26. The van der Waals surface area contributed by atoms with Crippen LogP contribution in [-0.4, -0.2) is 11.1 Å². The Kier molecular flexibility index (Phi) is 2.83. The van der Waals surface area contributed by atoms with Crippen LogP contribution >= 0.6 is 0 Å². The molecule has 0 atom stereocenters. The van der Waals surface area contributed by atoms with Gasteiger partial charge in [-0.05, 0) is 35.7 Å². The molecule has 86 valence electrons. The molecule has 17 heavy (non-hydrogen) atoms. The third-order valence-electron chi connectivity index (χ3n) is 2.71. The van der Waals surface area contributed by atoms with E-state index in [0.29, 0.717) is 11.3 Å². The lowest BCUT2D eigenvalue weighted by atomic mass is 9.96. The van der Waals surface area contributed by atoms with Gasteiger partial charge in [-0.2, -0.15) is 0 Å². The molecule has 0 unspecified atom stereocenters. The molecule has 0 amide bonds. The first-order valence-electron chi connectivity index (χ1n) is 5.28. The molecule has 0 aliphatic heterocycles. The van der Waals surface area contributed by atoms with Crippen LogP contribution in [-0.2, 0) is 0 Å². The zero-order valence-electron chi connectivity index (χ0n) is 9.47. The van der Waals surface area contributed by atoms with Gasteiger partial charge in [-0.3, -0.25) is 0 Å². The van der Waals surface area contributed by atoms with Crippen molar-refractivity contribution in [2.24, 2.45) is 0 Å². The first kappa shape index (κ1) is 11.2. The Bertz CT molecular complexity index is 559. The van der Waals surface area contributed by atoms with Crippen LogP contribution in [0.3, 0.4) is 0 Å². The fourth-order valence-electron chi connectivity index (χ4n) is 1.85. The van der Waals surface area contributed by atoms with Crippen molar-refractivity contribution >= 4 is 11.7 Å². The molecule has 0 aliphatic rings. The van der Waals surface area contributed by atoms with E-state index in [9.17, 15) is 9.90 Å². The van der Waals surface area contributed by atoms with Crippen molar-refractivity contribution < 1.29 is 9.90 Å². The number of aryl methyl sites for hydroxylation is 1. The van der Waals surface area contributed by atoms with Crippen molar-refractivity contribution in [3.05, 3.63) is 53.6 Å². The van der Waals surface area contributed by atoms with E-state index in [4.69, 9.17) is 5.73 Å². The van der Waals surface area contributed by atoms with Crippen molar-refractivity contribution in [3.63, 3.8) is 0 Å². The summed E-state index contributed by atoms with van der Waals surface area (Å²) >= 11 is 0. The molecule has 2 rings (SSSR count). The van der Waals surface area contributed by atoms with Gasteiger partial charge in [-0.1, -0.05) is 30.3 Å². The molecule has 2 aromatic rings. The summed E-state index contributed by atoms with van der Waals surface area (Å²) in [4.78, 5) is 11.3. The normalized spacial score (nSPS) is 10.2. The Hall–Kier alpha value is -2.29. The molecular formula is C14H13NO2. The summed E-state index contributed by atoms with van der Waals surface area (Å²) in [5, 5.41) is 9.24. The zero-order chi connectivity index (χ0) is 12.4. The second-order valence-corrected chi connectivity index (χ2v) is 3.92. The van der Waals surface area contributed by atoms with E-state index in [1.165, 1.54) is 0 Å². The van der Waals surface area contributed by atoms with Crippen LogP contribution in [0.5, 0.6) is 0 Å². The van der Waals surface area contributed by atoms with Crippen LogP contribution in [0, 0.1) is 6.92 Å². The summed E-state index contributed by atoms with van der Waals surface area (Å²) in [6.45, 7) is 1.80. The number of aromatic carboxylic acids is 1. The van der Waals surface area contributed by atoms with E-state index in [-0.39, 0.29) is 0 Å². The van der Waals surface area contributed by atoms with Gasteiger partial charge >= 0.3 is 5.97 Å². The average Bonchev–Trinajstić information content (AvgIpc) is 2.29. The molecular weight excluding hydrogens is 214 g/mol. The van der Waals surface area contributed by atoms with Crippen LogP contribution < -0.4 is 5.73 Å². The fraction of sp³-hybridized carbons (Fsp3) is 0.0714. The largest absolute Gasteiger partial charge is 0.478 e. The smallest absolute Gasteiger partial charge is 0.336 e. The third kappa shape index (κ3) is 2.13. The second-order valence-electron chi connectivity index (χ2n) is 3.92. The summed E-state index contributed by atoms with van der Waals surface area (Å²) in [6, 6.07) is 12.7. The number of anilines is 1. The number of nitrogen functional groups attached to an aromatic ring is 1. The lowest BCUT2D eigenvalue weighted by Crippen LogP contribution is -2.02. The maximum absolute atomic E-state index is 11.3. The van der Waals surface area contributed by atoms with Crippen LogP contribution in [0.15, 0.2) is 42.5 Å². The Morgan fingerprint density at radius 3 is 2.35 bits per heavy atom. The standard InChI is InChI=1S/C14H13NO2/c1-9-3-2-4-12(13(9)14(16)17)10-5-7-11(15)8-6-10/h2-8H,15H2,1H3,(H,16,17). The molecule has 2 aromatic carbocycles. The second kappa shape index (κ2) is 4.29. The monoisotopic (exact) mass is 227 g/mol. The lowest BCUT2D eigenvalue weighted by Gasteiger charge is -2.09. The van der Waals surface area contributed by atoms with E-state index in [1.54, 1.807) is 25.1 Å². The summed E-state index contributed by atoms with van der Waals surface area (Å²) < 4.78 is 0. The highest BCUT2D eigenvalue weighted by molar-refractivity contribution is 5.97. The third-order valence-corrected chi connectivity index (χ3v) is 2.71. The summed E-state index contributed by atoms with van der Waals surface area (Å²) in [6.07, 6.45) is 0. The van der Waals surface area contributed by atoms with Crippen molar-refractivity contribution in [3.8, 4) is 11.1 Å². The Morgan fingerprint density at radius 1 is 1.12 bits per heavy atom. The van der Waals surface area contributed by atoms with Crippen LogP contribution in [0.25, 0.3) is 11.1 Å². The fourth-order valence-corrected chi connectivity index (χ4v) is 1.85. The van der Waals surface area contributed by atoms with Gasteiger partial charge in [0.25, 0.3) is 0 Å². The molecule has 0 heterocycles. The molecule has 0 aromatic heterocycles. The number of rotatable bonds is 2. The van der Waals surface area contributed by atoms with Crippen LogP contribution in [0.2, 0.25) is 0 Å². The number of nitrogens with two attached hydrogens (primary N) is 1. The maximum atomic E-state index is 11.3. The molecule has 0 fully saturated rings. The first-order chi connectivity index (χ1) is 8.09. The number of hydrogen-bond acceptors (Lipinski definition) is 2. The van der Waals surface area contributed by atoms with Gasteiger partial charge in [-0.25, -0.2) is 4.79 Å². The van der Waals surface area contributed by atoms with E-state index < -0.39 is 5.97 Å². The predicted molar refractivity (Wildman–Crippen MR) is 68.0 cm³/mol. The van der Waals surface area contributed by atoms with Gasteiger partial charge in [0.1, 0.15) is 0 Å². The Balaban J connectivity index is 2.63. The molecule has 3 heteroatoms. The van der Waals surface area contributed by atoms with Crippen molar-refractivity contribution in [2.45, 2.75) is 6.92 Å². The minimum Gasteiger partial charge on any atom is -0.478 e. The zero-order valence-corrected chi connectivity index (χ0v) is 9.47. The van der Waals surface area contributed by atoms with Crippen molar-refractivity contribution in [2.75, 3.05) is 5.73 Å². The lowest BCUT2D eigenvalue weighted by molar-refractivity contribution is 0.0697. The van der Waals surface area contributed by atoms with Gasteiger partial charge in [0.2, 0.25) is 0 Å². The number of carboxylic acids is 1. The van der Waals surface area contributed by atoms with Crippen LogP contribution in [0.1, 0.15) is 15.9 Å². The molecule has 3 N–H and O–H groups in total. The highest BCUT2D eigenvalue weighted by atomic mass is 16.4. The molecule has 0 saturated carbocycles. The van der Waals surface area contributed by atoms with E-state index in [1.807, 2.05) is 24.3 Å². The molecule has 0 aliphatic carbocycles. The first-order valence-corrected chi connectivity index (χ1v) is 5.28. The summed E-state index contributed by atoms with van der Waals surface area (Å²) in [5.41, 5.74) is 8.96. The average molecular weight is 227 g/mol. The van der Waals surface area contributed by atoms with Gasteiger partial charge in [0, 0.05) is 5.69 Å². The molecule has 3 nitrogen and oxygen atoms in total. The minimum absolute atomic E-state index is 0.345. The maximum Gasteiger partial charge on any atom is 0.336 e. The number of carboxylic acid groups (broad SMARTS) is 1. The van der Waals surface area contributed by atoms with Gasteiger partial charge in [0.05, 0.1) is 5.56 Å². The molecule has 0 bridgehead atoms. The SMILES string of the molecule is Cc1cccc(-c2ccc(N)cc2)c1C(=O)O. The van der Waals surface area contributed by atoms with Crippen molar-refractivity contribution in [1.29, 1.82) is 0 Å². The van der Waals surface area contributed by atoms with E-state index >= 15 is 0 Å². The molecule has 0 spiro atoms. The number of hydrogen-bond donors (Lipinski definition) is 2. The van der Waals surface area contributed by atoms with Crippen molar-refractivity contribution in [1.82, 2.24) is 0 Å². The van der Waals surface area contributed by atoms with Gasteiger partial charge in [0.15, 0.2) is 0 Å². The van der Waals surface area contributed by atoms with Crippen LogP contribution in [0.4, 0.5) is 5.69 Å². The van der Waals surface area contributed by atoms with E-state index in [2.05, 4.69) is 0 Å². The Labute approximate surface area is 99.5 Å². The number of benzene rings is 2. The van der Waals surface area contributed by atoms with E-state index in [0.717, 1.165) is 16.7 Å². The van der Waals surface area contributed by atoms with Gasteiger partial charge < -0.3 is 10.8 Å². The summed E-state index contributed by atoms with van der Waals surface area (Å²) in [7, 11) is 0. The predicted octanol–water partition coefficient (Wildman–Crippen LogP) is 2.94. The number of carbonyl (C=O) groups is 1. The molecule has 0 radical (unpaired) electrons.